The molecular formula is C28H30N4O4. The van der Waals surface area contributed by atoms with Crippen LogP contribution in [0.2, 0.25) is 0 Å². The minimum Gasteiger partial charge on any atom is -0.545 e. The van der Waals surface area contributed by atoms with E-state index >= 15 is 0 Å². The molecule has 2 aliphatic rings. The summed E-state index contributed by atoms with van der Waals surface area (Å²) < 4.78 is 8.29. The van der Waals surface area contributed by atoms with Gasteiger partial charge in [0.25, 0.3) is 5.91 Å². The molecule has 0 radical (unpaired) electrons. The Morgan fingerprint density at radius 1 is 1.03 bits per heavy atom. The Bertz CT molecular complexity index is 1500. The minimum absolute atomic E-state index is 0.0661. The van der Waals surface area contributed by atoms with Crippen LogP contribution in [0.4, 0.5) is 5.69 Å². The minimum atomic E-state index is -1.36. The van der Waals surface area contributed by atoms with Gasteiger partial charge in [0.15, 0.2) is 0 Å². The summed E-state index contributed by atoms with van der Waals surface area (Å²) in [5.41, 5.74) is 9.15. The molecular weight excluding hydrogens is 456 g/mol. The Labute approximate surface area is 209 Å². The van der Waals surface area contributed by atoms with Crippen LogP contribution >= 0.6 is 0 Å². The number of fused-ring (bicyclic) bond motifs is 2. The van der Waals surface area contributed by atoms with Crippen molar-refractivity contribution in [1.82, 2.24) is 9.89 Å². The fraction of sp³-hybridized carbons (Fsp3) is 0.250. The predicted molar refractivity (Wildman–Crippen MR) is 140 cm³/mol. The smallest absolute Gasteiger partial charge is 0.251 e. The summed E-state index contributed by atoms with van der Waals surface area (Å²) in [6.45, 7) is 0.865. The molecule has 0 unspecified atom stereocenters. The first kappa shape index (κ1) is 24.9. The second kappa shape index (κ2) is 10.2. The molecule has 0 spiro atoms. The second-order valence-corrected chi connectivity index (χ2v) is 9.07. The molecule has 0 bridgehead atoms. The highest BCUT2D eigenvalue weighted by atomic mass is 16.4. The molecule has 186 valence electrons. The number of hydrogen-bond acceptors (Lipinski definition) is 6. The summed E-state index contributed by atoms with van der Waals surface area (Å²) in [6.07, 6.45) is 0.631. The molecule has 36 heavy (non-hydrogen) atoms. The van der Waals surface area contributed by atoms with Gasteiger partial charge in [0.05, 0.1) is 12.0 Å². The first-order chi connectivity index (χ1) is 17.2. The highest BCUT2D eigenvalue weighted by Gasteiger charge is 2.21. The van der Waals surface area contributed by atoms with E-state index in [1.54, 1.807) is 12.1 Å². The number of carbonyl (C=O) groups is 2. The molecule has 1 aliphatic heterocycles. The number of carboxylic acid groups (broad SMARTS) is 1. The third-order valence-electron chi connectivity index (χ3n) is 6.16. The lowest BCUT2D eigenvalue weighted by atomic mass is 9.89. The number of benzene rings is 3. The summed E-state index contributed by atoms with van der Waals surface area (Å²) in [5, 5.41) is 16.8. The fourth-order valence-electron chi connectivity index (χ4n) is 4.19. The highest BCUT2D eigenvalue weighted by Crippen LogP contribution is 2.42. The molecule has 8 nitrogen and oxygen atoms in total. The summed E-state index contributed by atoms with van der Waals surface area (Å²) in [6, 6.07) is 16.3. The number of anilines is 1. The number of aromatic carboxylic acids is 1. The van der Waals surface area contributed by atoms with Crippen LogP contribution in [0.25, 0.3) is 33.4 Å². The van der Waals surface area contributed by atoms with Crippen LogP contribution in [0, 0.1) is 0 Å². The Kier molecular flexibility index (Phi) is 7.07. The number of hydrogen-bond donors (Lipinski definition) is 2. The lowest BCUT2D eigenvalue weighted by Crippen LogP contribution is -2.27. The number of nitrogens with zero attached hydrogens (tertiary/aromatic N) is 2. The van der Waals surface area contributed by atoms with E-state index < -0.39 is 5.97 Å². The molecule has 0 saturated carbocycles. The summed E-state index contributed by atoms with van der Waals surface area (Å²) in [4.78, 5) is 26.8. The normalized spacial score (nSPS) is 11.0. The number of rotatable bonds is 7. The number of amides is 1. The Morgan fingerprint density at radius 3 is 2.44 bits per heavy atom. The van der Waals surface area contributed by atoms with Crippen molar-refractivity contribution in [1.29, 1.82) is 0 Å². The zero-order valence-electron chi connectivity index (χ0n) is 20.9. The van der Waals surface area contributed by atoms with Crippen LogP contribution in [-0.2, 0) is 0 Å². The SMILES string of the molecule is CN(C)c1ccc2c(-c3ccc(C(=O)NCCCN)cc3C(=O)[O-])c3ccc(=[N+](C)C)cc-3oc2c1. The van der Waals surface area contributed by atoms with E-state index in [4.69, 9.17) is 10.2 Å². The maximum absolute atomic E-state index is 12.6. The van der Waals surface area contributed by atoms with E-state index in [1.165, 1.54) is 6.07 Å². The Balaban J connectivity index is 2.00. The fourth-order valence-corrected chi connectivity index (χ4v) is 4.19. The van der Waals surface area contributed by atoms with Crippen LogP contribution in [0.5, 0.6) is 0 Å². The molecule has 0 fully saturated rings. The van der Waals surface area contributed by atoms with E-state index in [2.05, 4.69) is 5.32 Å². The van der Waals surface area contributed by atoms with Gasteiger partial charge in [-0.25, -0.2) is 4.58 Å². The van der Waals surface area contributed by atoms with E-state index in [-0.39, 0.29) is 17.0 Å². The van der Waals surface area contributed by atoms with Gasteiger partial charge in [-0.1, -0.05) is 6.07 Å². The zero-order chi connectivity index (χ0) is 26.0. The molecule has 2 aromatic rings. The molecule has 2 aromatic carbocycles. The van der Waals surface area contributed by atoms with Gasteiger partial charge in [-0.2, -0.15) is 0 Å². The predicted octanol–water partition coefficient (Wildman–Crippen LogP) is 1.74. The molecule has 0 atom stereocenters. The topological polar surface area (TPSA) is 115 Å². The van der Waals surface area contributed by atoms with Crippen molar-refractivity contribution in [3.05, 3.63) is 71.1 Å². The van der Waals surface area contributed by atoms with Gasteiger partial charge in [0, 0.05) is 66.1 Å². The quantitative estimate of drug-likeness (QED) is 0.234. The molecule has 1 heterocycles. The van der Waals surface area contributed by atoms with Crippen molar-refractivity contribution >= 4 is 28.5 Å². The van der Waals surface area contributed by atoms with Gasteiger partial charge in [-0.05, 0) is 48.9 Å². The number of carboxylic acids is 1. The Morgan fingerprint density at radius 2 is 1.78 bits per heavy atom. The molecule has 1 aliphatic carbocycles. The van der Waals surface area contributed by atoms with Gasteiger partial charge >= 0.3 is 0 Å². The van der Waals surface area contributed by atoms with E-state index in [0.717, 1.165) is 22.0 Å². The number of nitrogens with two attached hydrogens (primary N) is 1. The zero-order valence-corrected chi connectivity index (χ0v) is 20.9. The van der Waals surface area contributed by atoms with Gasteiger partial charge < -0.3 is 30.3 Å². The second-order valence-electron chi connectivity index (χ2n) is 9.07. The molecule has 1 amide bonds. The van der Waals surface area contributed by atoms with Gasteiger partial charge in [0.1, 0.15) is 25.4 Å². The molecule has 3 N–H and O–H groups in total. The van der Waals surface area contributed by atoms with Crippen LogP contribution in [-0.4, -0.2) is 53.2 Å². The summed E-state index contributed by atoms with van der Waals surface area (Å²) in [7, 11) is 7.77. The van der Waals surface area contributed by atoms with Crippen LogP contribution < -0.4 is 31.0 Å². The first-order valence-corrected chi connectivity index (χ1v) is 11.7. The molecule has 0 aromatic heterocycles. The lowest BCUT2D eigenvalue weighted by molar-refractivity contribution is -0.254. The third kappa shape index (κ3) is 4.81. The Hall–Kier alpha value is -4.17. The summed E-state index contributed by atoms with van der Waals surface area (Å²) >= 11 is 0. The maximum Gasteiger partial charge on any atom is 0.251 e. The van der Waals surface area contributed by atoms with Crippen molar-refractivity contribution in [2.75, 3.05) is 46.2 Å². The van der Waals surface area contributed by atoms with Gasteiger partial charge in [-0.15, -0.1) is 0 Å². The number of nitrogens with one attached hydrogen (secondary N) is 1. The molecule has 0 saturated heterocycles. The van der Waals surface area contributed by atoms with Crippen molar-refractivity contribution in [3.8, 4) is 22.5 Å². The van der Waals surface area contributed by atoms with E-state index in [9.17, 15) is 14.7 Å². The van der Waals surface area contributed by atoms with Crippen molar-refractivity contribution in [2.45, 2.75) is 6.42 Å². The highest BCUT2D eigenvalue weighted by molar-refractivity contribution is 6.08. The molecule has 8 heteroatoms. The third-order valence-corrected chi connectivity index (χ3v) is 6.16. The van der Waals surface area contributed by atoms with E-state index in [0.29, 0.717) is 42.0 Å². The van der Waals surface area contributed by atoms with Crippen molar-refractivity contribution in [3.63, 3.8) is 0 Å². The van der Waals surface area contributed by atoms with Crippen LogP contribution in [0.3, 0.4) is 0 Å². The van der Waals surface area contributed by atoms with Gasteiger partial charge in [0.2, 0.25) is 5.36 Å². The van der Waals surface area contributed by atoms with Crippen LogP contribution in [0.1, 0.15) is 27.1 Å². The van der Waals surface area contributed by atoms with Crippen molar-refractivity contribution in [2.24, 2.45) is 5.73 Å². The summed E-state index contributed by atoms with van der Waals surface area (Å²) in [5.74, 6) is -1.10. The number of carbonyl (C=O) groups excluding carboxylic acids is 2. The van der Waals surface area contributed by atoms with E-state index in [1.807, 2.05) is 74.1 Å². The monoisotopic (exact) mass is 486 g/mol. The van der Waals surface area contributed by atoms with Crippen molar-refractivity contribution < 1.29 is 19.1 Å². The largest absolute Gasteiger partial charge is 0.545 e. The lowest BCUT2D eigenvalue weighted by Gasteiger charge is -2.20. The maximum atomic E-state index is 12.6. The standard InChI is InChI=1S/C28H30N4O4/c1-31(2)18-7-10-21-24(15-18)36-25-16-19(32(3)4)8-11-22(25)26(21)20-9-6-17(14-23(20)28(34)35)27(33)30-13-5-12-29/h6-11,14-16H,5,12-13,29H2,1-4H3,(H-,30,33,34,35). The first-order valence-electron chi connectivity index (χ1n) is 11.7. The average Bonchev–Trinajstić information content (AvgIpc) is 2.86. The average molecular weight is 487 g/mol. The van der Waals surface area contributed by atoms with Gasteiger partial charge in [-0.3, -0.25) is 4.79 Å². The van der Waals surface area contributed by atoms with Crippen LogP contribution in [0.15, 0.2) is 59.0 Å². The molecule has 4 rings (SSSR count).